The molecule has 1 aliphatic rings. The maximum Gasteiger partial charge on any atom is 0.257 e. The molecular formula is C17H14BrClN2O2. The van der Waals surface area contributed by atoms with Gasteiger partial charge in [0.25, 0.3) is 5.91 Å². The Morgan fingerprint density at radius 1 is 1.22 bits per heavy atom. The van der Waals surface area contributed by atoms with Crippen molar-refractivity contribution in [3.63, 3.8) is 0 Å². The molecule has 23 heavy (non-hydrogen) atoms. The highest BCUT2D eigenvalue weighted by molar-refractivity contribution is 9.10. The summed E-state index contributed by atoms with van der Waals surface area (Å²) < 4.78 is 0.808. The predicted octanol–water partition coefficient (Wildman–Crippen LogP) is 4.48. The van der Waals surface area contributed by atoms with Crippen molar-refractivity contribution in [1.29, 1.82) is 0 Å². The van der Waals surface area contributed by atoms with E-state index in [0.29, 0.717) is 29.2 Å². The maximum atomic E-state index is 12.5. The van der Waals surface area contributed by atoms with E-state index in [0.717, 1.165) is 16.6 Å². The lowest BCUT2D eigenvalue weighted by molar-refractivity contribution is -0.117. The summed E-state index contributed by atoms with van der Waals surface area (Å²) in [5, 5.41) is 3.22. The molecule has 118 valence electrons. The highest BCUT2D eigenvalue weighted by Gasteiger charge is 2.24. The Labute approximate surface area is 147 Å². The van der Waals surface area contributed by atoms with Crippen LogP contribution in [0.2, 0.25) is 5.02 Å². The normalized spacial score (nSPS) is 14.2. The number of rotatable bonds is 3. The van der Waals surface area contributed by atoms with E-state index in [4.69, 9.17) is 11.6 Å². The third-order valence-electron chi connectivity index (χ3n) is 3.69. The van der Waals surface area contributed by atoms with Crippen LogP contribution in [0.25, 0.3) is 0 Å². The van der Waals surface area contributed by atoms with Gasteiger partial charge < -0.3 is 10.2 Å². The second-order valence-corrected chi connectivity index (χ2v) is 6.57. The van der Waals surface area contributed by atoms with Gasteiger partial charge in [0, 0.05) is 17.4 Å². The zero-order chi connectivity index (χ0) is 16.4. The fraction of sp³-hybridized carbons (Fsp3) is 0.176. The number of amides is 2. The number of anilines is 2. The molecule has 0 saturated carbocycles. The van der Waals surface area contributed by atoms with Crippen LogP contribution in [0.3, 0.4) is 0 Å². The molecular weight excluding hydrogens is 380 g/mol. The van der Waals surface area contributed by atoms with Crippen molar-refractivity contribution < 1.29 is 9.59 Å². The van der Waals surface area contributed by atoms with Crippen molar-refractivity contribution in [3.05, 3.63) is 57.5 Å². The minimum Gasteiger partial charge on any atom is -0.320 e. The first-order chi connectivity index (χ1) is 11.1. The lowest BCUT2D eigenvalue weighted by Crippen LogP contribution is -2.25. The summed E-state index contributed by atoms with van der Waals surface area (Å²) in [7, 11) is 0. The molecule has 1 aliphatic heterocycles. The molecule has 2 aromatic carbocycles. The Kier molecular flexibility index (Phi) is 4.68. The van der Waals surface area contributed by atoms with Gasteiger partial charge in [0.05, 0.1) is 22.0 Å². The highest BCUT2D eigenvalue weighted by Crippen LogP contribution is 2.30. The largest absolute Gasteiger partial charge is 0.320 e. The van der Waals surface area contributed by atoms with Gasteiger partial charge >= 0.3 is 0 Å². The number of halogens is 2. The van der Waals surface area contributed by atoms with Crippen LogP contribution in [-0.2, 0) is 4.79 Å². The minimum absolute atomic E-state index is 0.0772. The quantitative estimate of drug-likeness (QED) is 0.836. The van der Waals surface area contributed by atoms with Crippen LogP contribution in [0.5, 0.6) is 0 Å². The molecule has 0 unspecified atom stereocenters. The van der Waals surface area contributed by atoms with Crippen molar-refractivity contribution in [1.82, 2.24) is 0 Å². The number of para-hydroxylation sites is 2. The number of nitrogens with one attached hydrogen (secondary N) is 1. The first-order valence-corrected chi connectivity index (χ1v) is 8.39. The zero-order valence-corrected chi connectivity index (χ0v) is 14.5. The van der Waals surface area contributed by atoms with Crippen molar-refractivity contribution in [3.8, 4) is 0 Å². The van der Waals surface area contributed by atoms with Crippen LogP contribution in [0.1, 0.15) is 23.2 Å². The van der Waals surface area contributed by atoms with Gasteiger partial charge in [-0.1, -0.05) is 39.7 Å². The molecule has 0 radical (unpaired) electrons. The molecule has 1 saturated heterocycles. The molecule has 0 spiro atoms. The van der Waals surface area contributed by atoms with E-state index in [1.54, 1.807) is 29.2 Å². The van der Waals surface area contributed by atoms with Crippen LogP contribution < -0.4 is 10.2 Å². The summed E-state index contributed by atoms with van der Waals surface area (Å²) in [6, 6.07) is 12.4. The van der Waals surface area contributed by atoms with Crippen LogP contribution in [0, 0.1) is 0 Å². The molecule has 0 aliphatic carbocycles. The zero-order valence-electron chi connectivity index (χ0n) is 12.2. The van der Waals surface area contributed by atoms with Gasteiger partial charge in [0.2, 0.25) is 5.91 Å². The molecule has 0 aromatic heterocycles. The molecule has 0 bridgehead atoms. The lowest BCUT2D eigenvalue weighted by atomic mass is 10.2. The average molecular weight is 394 g/mol. The smallest absolute Gasteiger partial charge is 0.257 e. The molecule has 1 heterocycles. The van der Waals surface area contributed by atoms with E-state index in [1.165, 1.54) is 0 Å². The second-order valence-electron chi connectivity index (χ2n) is 5.24. The number of nitrogens with zero attached hydrogens (tertiary/aromatic N) is 1. The van der Waals surface area contributed by atoms with Crippen LogP contribution in [-0.4, -0.2) is 18.4 Å². The van der Waals surface area contributed by atoms with Crippen LogP contribution >= 0.6 is 27.5 Å². The van der Waals surface area contributed by atoms with Crippen molar-refractivity contribution >= 4 is 50.7 Å². The molecule has 1 fully saturated rings. The molecule has 4 nitrogen and oxygen atoms in total. The summed E-state index contributed by atoms with van der Waals surface area (Å²) in [5.41, 5.74) is 1.71. The van der Waals surface area contributed by atoms with E-state index in [1.807, 2.05) is 18.2 Å². The highest BCUT2D eigenvalue weighted by atomic mass is 79.9. The van der Waals surface area contributed by atoms with Crippen molar-refractivity contribution in [2.45, 2.75) is 12.8 Å². The summed E-state index contributed by atoms with van der Waals surface area (Å²) >= 11 is 9.44. The van der Waals surface area contributed by atoms with Gasteiger partial charge in [-0.05, 0) is 36.8 Å². The third kappa shape index (κ3) is 3.41. The van der Waals surface area contributed by atoms with E-state index in [2.05, 4.69) is 21.2 Å². The summed E-state index contributed by atoms with van der Waals surface area (Å²) in [5.74, 6) is -0.227. The first-order valence-electron chi connectivity index (χ1n) is 7.22. The monoisotopic (exact) mass is 392 g/mol. The number of hydrogen-bond donors (Lipinski definition) is 1. The van der Waals surface area contributed by atoms with Gasteiger partial charge in [-0.3, -0.25) is 9.59 Å². The topological polar surface area (TPSA) is 49.4 Å². The summed E-state index contributed by atoms with van der Waals surface area (Å²) in [6.45, 7) is 0.671. The second kappa shape index (κ2) is 6.72. The molecule has 3 rings (SSSR count). The summed E-state index contributed by atoms with van der Waals surface area (Å²) in [6.07, 6.45) is 1.38. The van der Waals surface area contributed by atoms with Crippen molar-refractivity contribution in [2.24, 2.45) is 0 Å². The Bertz CT molecular complexity index is 779. The molecule has 2 aromatic rings. The lowest BCUT2D eigenvalue weighted by Gasteiger charge is -2.20. The molecule has 2 amide bonds. The van der Waals surface area contributed by atoms with E-state index >= 15 is 0 Å². The Hall–Kier alpha value is -1.85. The number of benzene rings is 2. The third-order valence-corrected chi connectivity index (χ3v) is 4.50. The summed E-state index contributed by atoms with van der Waals surface area (Å²) in [4.78, 5) is 26.1. The van der Waals surface area contributed by atoms with Crippen LogP contribution in [0.15, 0.2) is 46.9 Å². The number of carbonyl (C=O) groups is 2. The Balaban J connectivity index is 1.88. The van der Waals surface area contributed by atoms with Crippen molar-refractivity contribution in [2.75, 3.05) is 16.8 Å². The fourth-order valence-electron chi connectivity index (χ4n) is 2.58. The minimum atomic E-state index is -0.304. The predicted molar refractivity (Wildman–Crippen MR) is 95.1 cm³/mol. The van der Waals surface area contributed by atoms with E-state index in [9.17, 15) is 9.59 Å². The first kappa shape index (κ1) is 16.0. The van der Waals surface area contributed by atoms with Gasteiger partial charge in [-0.15, -0.1) is 0 Å². The molecule has 0 atom stereocenters. The number of carbonyl (C=O) groups excluding carboxylic acids is 2. The fourth-order valence-corrected chi connectivity index (χ4v) is 3.34. The molecule has 6 heteroatoms. The SMILES string of the molecule is O=C(Nc1ccccc1N1CCCC1=O)c1ccc(Br)cc1Cl. The van der Waals surface area contributed by atoms with Gasteiger partial charge in [0.1, 0.15) is 0 Å². The Morgan fingerprint density at radius 2 is 2.00 bits per heavy atom. The maximum absolute atomic E-state index is 12.5. The number of hydrogen-bond acceptors (Lipinski definition) is 2. The van der Waals surface area contributed by atoms with E-state index < -0.39 is 0 Å². The van der Waals surface area contributed by atoms with Gasteiger partial charge in [0.15, 0.2) is 0 Å². The Morgan fingerprint density at radius 3 is 2.70 bits per heavy atom. The van der Waals surface area contributed by atoms with Gasteiger partial charge in [-0.2, -0.15) is 0 Å². The molecule has 1 N–H and O–H groups in total. The van der Waals surface area contributed by atoms with Gasteiger partial charge in [-0.25, -0.2) is 0 Å². The standard InChI is InChI=1S/C17H14BrClN2O2/c18-11-7-8-12(13(19)10-11)17(23)20-14-4-1-2-5-15(14)21-9-3-6-16(21)22/h1-2,4-5,7-8,10H,3,6,9H2,(H,20,23). The van der Waals surface area contributed by atoms with E-state index in [-0.39, 0.29) is 11.8 Å². The average Bonchev–Trinajstić information content (AvgIpc) is 2.93. The van der Waals surface area contributed by atoms with Crippen LogP contribution in [0.4, 0.5) is 11.4 Å².